The first-order valence-electron chi connectivity index (χ1n) is 7.89. The van der Waals surface area contributed by atoms with Crippen molar-refractivity contribution in [1.82, 2.24) is 9.97 Å². The molecule has 0 radical (unpaired) electrons. The third kappa shape index (κ3) is 3.76. The Kier molecular flexibility index (Phi) is 4.85. The molecule has 24 heavy (non-hydrogen) atoms. The number of H-pyrrole nitrogens is 1. The maximum atomic E-state index is 12.5. The molecule has 1 aromatic heterocycles. The summed E-state index contributed by atoms with van der Waals surface area (Å²) >= 11 is 6.13. The lowest BCUT2D eigenvalue weighted by Gasteiger charge is -2.32. The highest BCUT2D eigenvalue weighted by Crippen LogP contribution is 2.26. The number of carbonyl (C=O) groups excluding carboxylic acids is 1. The Morgan fingerprint density at radius 3 is 2.79 bits per heavy atom. The Labute approximate surface area is 144 Å². The molecule has 1 aliphatic rings. The Hall–Kier alpha value is -2.34. The van der Waals surface area contributed by atoms with E-state index in [0.717, 1.165) is 5.56 Å². The standard InChI is InChI=1S/C17H19ClN4O2/c1-11-2-3-13(18)14(8-11)21-17(24)12-4-6-22(7-5-12)15-9-16(23)20-10-19-15/h2-3,8-10,12H,4-7H2,1H3,(H,21,24)(H,19,20,23). The lowest BCUT2D eigenvalue weighted by Crippen LogP contribution is -2.39. The van der Waals surface area contributed by atoms with Crippen LogP contribution in [0.15, 0.2) is 35.4 Å². The summed E-state index contributed by atoms with van der Waals surface area (Å²) in [5, 5.41) is 3.47. The van der Waals surface area contributed by atoms with Gasteiger partial charge in [0.25, 0.3) is 5.56 Å². The number of aromatic nitrogens is 2. The number of nitrogens with zero attached hydrogens (tertiary/aromatic N) is 2. The molecule has 2 N–H and O–H groups in total. The number of piperidine rings is 1. The van der Waals surface area contributed by atoms with Crippen LogP contribution < -0.4 is 15.8 Å². The van der Waals surface area contributed by atoms with E-state index in [9.17, 15) is 9.59 Å². The lowest BCUT2D eigenvalue weighted by molar-refractivity contribution is -0.120. The third-order valence-corrected chi connectivity index (χ3v) is 4.56. The predicted octanol–water partition coefficient (Wildman–Crippen LogP) is 2.59. The number of benzene rings is 1. The Balaban J connectivity index is 1.61. The number of aryl methyl sites for hydroxylation is 1. The summed E-state index contributed by atoms with van der Waals surface area (Å²) in [5.74, 6) is 0.570. The molecule has 1 saturated heterocycles. The van der Waals surface area contributed by atoms with Crippen molar-refractivity contribution in [3.8, 4) is 0 Å². The Morgan fingerprint density at radius 1 is 1.33 bits per heavy atom. The zero-order valence-corrected chi connectivity index (χ0v) is 14.1. The third-order valence-electron chi connectivity index (χ3n) is 4.23. The molecule has 2 heterocycles. The van der Waals surface area contributed by atoms with E-state index >= 15 is 0 Å². The fourth-order valence-corrected chi connectivity index (χ4v) is 3.04. The number of hydrogen-bond acceptors (Lipinski definition) is 4. The van der Waals surface area contributed by atoms with Crippen LogP contribution in [0.5, 0.6) is 0 Å². The van der Waals surface area contributed by atoms with Gasteiger partial charge in [0.15, 0.2) is 0 Å². The average molecular weight is 347 g/mol. The zero-order valence-electron chi connectivity index (χ0n) is 13.4. The number of hydrogen-bond donors (Lipinski definition) is 2. The topological polar surface area (TPSA) is 78.1 Å². The van der Waals surface area contributed by atoms with Gasteiger partial charge in [0.1, 0.15) is 5.82 Å². The van der Waals surface area contributed by atoms with E-state index in [1.54, 1.807) is 6.07 Å². The molecule has 1 aliphatic heterocycles. The molecule has 1 fully saturated rings. The summed E-state index contributed by atoms with van der Waals surface area (Å²) in [7, 11) is 0. The fourth-order valence-electron chi connectivity index (χ4n) is 2.87. The van der Waals surface area contributed by atoms with Gasteiger partial charge < -0.3 is 15.2 Å². The highest BCUT2D eigenvalue weighted by molar-refractivity contribution is 6.33. The molecule has 1 amide bonds. The first-order valence-corrected chi connectivity index (χ1v) is 8.27. The van der Waals surface area contributed by atoms with Crippen molar-refractivity contribution in [1.29, 1.82) is 0 Å². The first kappa shape index (κ1) is 16.5. The van der Waals surface area contributed by atoms with Gasteiger partial charge in [0.05, 0.1) is 17.0 Å². The Bertz CT molecular complexity index is 797. The summed E-state index contributed by atoms with van der Waals surface area (Å²) in [4.78, 5) is 32.5. The van der Waals surface area contributed by atoms with E-state index in [2.05, 4.69) is 15.3 Å². The van der Waals surface area contributed by atoms with Crippen LogP contribution >= 0.6 is 11.6 Å². The van der Waals surface area contributed by atoms with Crippen LogP contribution in [0.3, 0.4) is 0 Å². The molecule has 0 spiro atoms. The van der Waals surface area contributed by atoms with Gasteiger partial charge in [-0.2, -0.15) is 0 Å². The highest BCUT2D eigenvalue weighted by Gasteiger charge is 2.26. The number of rotatable bonds is 3. The quantitative estimate of drug-likeness (QED) is 0.895. The van der Waals surface area contributed by atoms with Gasteiger partial charge in [-0.3, -0.25) is 9.59 Å². The van der Waals surface area contributed by atoms with Crippen LogP contribution in [0, 0.1) is 12.8 Å². The van der Waals surface area contributed by atoms with Crippen molar-refractivity contribution in [2.45, 2.75) is 19.8 Å². The van der Waals surface area contributed by atoms with Gasteiger partial charge in [0, 0.05) is 25.1 Å². The highest BCUT2D eigenvalue weighted by atomic mass is 35.5. The molecule has 0 bridgehead atoms. The largest absolute Gasteiger partial charge is 0.356 e. The summed E-state index contributed by atoms with van der Waals surface area (Å²) in [6.45, 7) is 3.34. The minimum Gasteiger partial charge on any atom is -0.356 e. The molecule has 0 atom stereocenters. The van der Waals surface area contributed by atoms with Crippen molar-refractivity contribution in [3.63, 3.8) is 0 Å². The van der Waals surface area contributed by atoms with Crippen molar-refractivity contribution in [2.24, 2.45) is 5.92 Å². The van der Waals surface area contributed by atoms with E-state index < -0.39 is 0 Å². The molecule has 0 aliphatic carbocycles. The maximum Gasteiger partial charge on any atom is 0.252 e. The number of amides is 1. The molecular formula is C17H19ClN4O2. The van der Waals surface area contributed by atoms with Crippen molar-refractivity contribution < 1.29 is 4.79 Å². The van der Waals surface area contributed by atoms with Crippen LogP contribution in [0.4, 0.5) is 11.5 Å². The SMILES string of the molecule is Cc1ccc(Cl)c(NC(=O)C2CCN(c3cc(=O)[nH]cn3)CC2)c1. The minimum atomic E-state index is -0.172. The fraction of sp³-hybridized carbons (Fsp3) is 0.353. The number of nitrogens with one attached hydrogen (secondary N) is 2. The van der Waals surface area contributed by atoms with Crippen LogP contribution in [0.2, 0.25) is 5.02 Å². The predicted molar refractivity (Wildman–Crippen MR) is 94.6 cm³/mol. The van der Waals surface area contributed by atoms with Crippen LogP contribution in [0.1, 0.15) is 18.4 Å². The Morgan fingerprint density at radius 2 is 2.08 bits per heavy atom. The maximum absolute atomic E-state index is 12.5. The van der Waals surface area contributed by atoms with E-state index in [1.807, 2.05) is 24.0 Å². The van der Waals surface area contributed by atoms with Crippen molar-refractivity contribution in [2.75, 3.05) is 23.3 Å². The molecule has 2 aromatic rings. The van der Waals surface area contributed by atoms with Gasteiger partial charge in [-0.15, -0.1) is 0 Å². The number of carbonyl (C=O) groups is 1. The van der Waals surface area contributed by atoms with E-state index in [4.69, 9.17) is 11.6 Å². The van der Waals surface area contributed by atoms with Crippen LogP contribution in [0.25, 0.3) is 0 Å². The summed E-state index contributed by atoms with van der Waals surface area (Å²) in [6, 6.07) is 7.04. The van der Waals surface area contributed by atoms with Gasteiger partial charge >= 0.3 is 0 Å². The van der Waals surface area contributed by atoms with Crippen LogP contribution in [-0.4, -0.2) is 29.0 Å². The van der Waals surface area contributed by atoms with Gasteiger partial charge in [0.2, 0.25) is 5.91 Å². The molecule has 126 valence electrons. The van der Waals surface area contributed by atoms with Gasteiger partial charge in [-0.05, 0) is 37.5 Å². The number of aromatic amines is 1. The smallest absolute Gasteiger partial charge is 0.252 e. The van der Waals surface area contributed by atoms with E-state index in [0.29, 0.717) is 42.5 Å². The summed E-state index contributed by atoms with van der Waals surface area (Å²) in [5.41, 5.74) is 1.53. The summed E-state index contributed by atoms with van der Waals surface area (Å²) in [6.07, 6.45) is 2.82. The second-order valence-corrected chi connectivity index (χ2v) is 6.41. The van der Waals surface area contributed by atoms with Gasteiger partial charge in [-0.1, -0.05) is 17.7 Å². The second-order valence-electron chi connectivity index (χ2n) is 6.00. The molecular weight excluding hydrogens is 328 g/mol. The molecule has 0 saturated carbocycles. The van der Waals surface area contributed by atoms with Gasteiger partial charge in [-0.25, -0.2) is 4.98 Å². The molecule has 6 nitrogen and oxygen atoms in total. The first-order chi connectivity index (χ1) is 11.5. The normalized spacial score (nSPS) is 15.3. The van der Waals surface area contributed by atoms with Crippen LogP contribution in [-0.2, 0) is 4.79 Å². The van der Waals surface area contributed by atoms with Crippen molar-refractivity contribution >= 4 is 29.0 Å². The second kappa shape index (κ2) is 7.05. The van der Waals surface area contributed by atoms with E-state index in [-0.39, 0.29) is 17.4 Å². The number of anilines is 2. The average Bonchev–Trinajstić information content (AvgIpc) is 2.58. The zero-order chi connectivity index (χ0) is 17.1. The molecule has 3 rings (SSSR count). The number of halogens is 1. The molecule has 0 unspecified atom stereocenters. The molecule has 7 heteroatoms. The van der Waals surface area contributed by atoms with Crippen molar-refractivity contribution in [3.05, 3.63) is 51.5 Å². The minimum absolute atomic E-state index is 0.0129. The molecule has 1 aromatic carbocycles. The van der Waals surface area contributed by atoms with E-state index in [1.165, 1.54) is 12.4 Å². The lowest BCUT2D eigenvalue weighted by atomic mass is 9.95. The monoisotopic (exact) mass is 346 g/mol. The summed E-state index contributed by atoms with van der Waals surface area (Å²) < 4.78 is 0.